The first-order valence-electron chi connectivity index (χ1n) is 32.4. The minimum absolute atomic E-state index is 0.869. The second-order valence-electron chi connectivity index (χ2n) is 23.6. The number of hydrogen-bond acceptors (Lipinski definition) is 6. The van der Waals surface area contributed by atoms with Crippen molar-refractivity contribution in [2.75, 3.05) is 10.2 Å². The van der Waals surface area contributed by atoms with E-state index in [1.165, 1.54) is 49.3 Å². The lowest BCUT2D eigenvalue weighted by molar-refractivity contribution is 1.17. The van der Waals surface area contributed by atoms with Gasteiger partial charge in [0.15, 0.2) is 0 Å². The van der Waals surface area contributed by atoms with Crippen molar-refractivity contribution in [3.05, 3.63) is 368 Å². The van der Waals surface area contributed by atoms with Crippen LogP contribution in [0.4, 0.5) is 28.4 Å². The molecular formula is C88H61BrN8. The number of nitrogens with zero attached hydrogens (tertiary/aromatic N) is 7. The Hall–Kier alpha value is -12.6. The predicted molar refractivity (Wildman–Crippen MR) is 408 cm³/mol. The molecule has 0 fully saturated rings. The molecule has 14 aromatic carbocycles. The second-order valence-corrected chi connectivity index (χ2v) is 24.5. The van der Waals surface area contributed by atoms with E-state index in [1.807, 2.05) is 115 Å². The molecule has 97 heavy (non-hydrogen) atoms. The second kappa shape index (κ2) is 26.8. The van der Waals surface area contributed by atoms with E-state index in [4.69, 9.17) is 19.9 Å². The molecule has 0 atom stereocenters. The lowest BCUT2D eigenvalue weighted by Gasteiger charge is -2.26. The summed E-state index contributed by atoms with van der Waals surface area (Å²) in [5.74, 6) is 0. The fourth-order valence-corrected chi connectivity index (χ4v) is 13.2. The highest BCUT2D eigenvalue weighted by atomic mass is 79.9. The first kappa shape index (κ1) is 59.5. The zero-order valence-electron chi connectivity index (χ0n) is 52.6. The summed E-state index contributed by atoms with van der Waals surface area (Å²) in [6.07, 6.45) is 0. The highest BCUT2D eigenvalue weighted by Crippen LogP contribution is 2.40. The van der Waals surface area contributed by atoms with Crippen molar-refractivity contribution >= 4 is 110 Å². The van der Waals surface area contributed by atoms with Crippen LogP contribution in [0.3, 0.4) is 0 Å². The van der Waals surface area contributed by atoms with Gasteiger partial charge in [-0.15, -0.1) is 0 Å². The number of rotatable bonds is 11. The van der Waals surface area contributed by atoms with Gasteiger partial charge in [0.05, 0.1) is 66.9 Å². The Morgan fingerprint density at radius 3 is 0.887 bits per heavy atom. The summed E-state index contributed by atoms with van der Waals surface area (Å²) in [6, 6.07) is 126. The van der Waals surface area contributed by atoms with Crippen molar-refractivity contribution in [2.24, 2.45) is 0 Å². The van der Waals surface area contributed by atoms with E-state index in [1.54, 1.807) is 0 Å². The topological polar surface area (TPSA) is 76.7 Å². The highest BCUT2D eigenvalue weighted by molar-refractivity contribution is 9.10. The van der Waals surface area contributed by atoms with Gasteiger partial charge in [0.2, 0.25) is 0 Å². The van der Waals surface area contributed by atoms with Crippen molar-refractivity contribution in [1.82, 2.24) is 29.1 Å². The van der Waals surface area contributed by atoms with Crippen molar-refractivity contribution in [2.45, 2.75) is 0 Å². The standard InChI is InChI=1S/C44H30N4.C24H18N2.C20H13BrN2/c1-3-13-31(14-4-1)43-44(46-40-20-10-9-19-39(40)45-43)32-23-25-34(26-24-32)47(33-15-5-2-6-16-33)35-27-29-36(30-28-35)48-41-21-11-7-17-37(41)38-18-8-12-22-42(38)48;1-2-8-18(9-3-1)25-19-14-16-20(17-15-19)26-23-12-6-4-10-21(23)22-11-5-7-13-24(22)26;21-16-12-10-15(11-13-16)20-19(14-6-2-1-3-7-14)22-17-8-4-5-9-18(17)23-20/h1-30H;1-17,25H;1-13H. The van der Waals surface area contributed by atoms with E-state index in [9.17, 15) is 0 Å². The van der Waals surface area contributed by atoms with Crippen molar-refractivity contribution < 1.29 is 0 Å². The minimum Gasteiger partial charge on any atom is -0.356 e. The Morgan fingerprint density at radius 1 is 0.237 bits per heavy atom. The lowest BCUT2D eigenvalue weighted by Crippen LogP contribution is -2.10. The number of anilines is 5. The van der Waals surface area contributed by atoms with Gasteiger partial charge >= 0.3 is 0 Å². The third kappa shape index (κ3) is 12.1. The van der Waals surface area contributed by atoms with Gasteiger partial charge in [-0.05, 0) is 146 Å². The first-order chi connectivity index (χ1) is 48.0. The number of nitrogens with one attached hydrogen (secondary N) is 1. The van der Waals surface area contributed by atoms with E-state index in [0.717, 1.165) is 106 Å². The molecule has 0 aliphatic carbocycles. The van der Waals surface area contributed by atoms with E-state index in [2.05, 4.69) is 284 Å². The highest BCUT2D eigenvalue weighted by Gasteiger charge is 2.19. The molecule has 0 saturated carbocycles. The SMILES string of the molecule is Brc1ccc(-c2nc3ccccc3nc2-c2ccccc2)cc1.c1ccc(-c2nc3ccccc3nc2-c2ccc(N(c3ccccc3)c3ccc(-n4c5ccccc5c5ccccc54)cc3)cc2)cc1.c1ccc(Nc2ccc(-n3c4ccccc4c4ccccc43)cc2)cc1. The molecule has 0 radical (unpaired) electrons. The lowest BCUT2D eigenvalue weighted by atomic mass is 10.0. The van der Waals surface area contributed by atoms with Gasteiger partial charge in [-0.3, -0.25) is 0 Å². The molecule has 18 aromatic rings. The van der Waals surface area contributed by atoms with Crippen LogP contribution in [0.5, 0.6) is 0 Å². The molecule has 8 nitrogen and oxygen atoms in total. The van der Waals surface area contributed by atoms with E-state index < -0.39 is 0 Å². The third-order valence-electron chi connectivity index (χ3n) is 17.5. The molecule has 1 N–H and O–H groups in total. The summed E-state index contributed by atoms with van der Waals surface area (Å²) in [4.78, 5) is 22.2. The number of hydrogen-bond donors (Lipinski definition) is 1. The summed E-state index contributed by atoms with van der Waals surface area (Å²) < 4.78 is 5.73. The zero-order valence-corrected chi connectivity index (χ0v) is 54.2. The van der Waals surface area contributed by atoms with E-state index >= 15 is 0 Å². The van der Waals surface area contributed by atoms with Gasteiger partial charge in [0.25, 0.3) is 0 Å². The van der Waals surface area contributed by atoms with Gasteiger partial charge in [0.1, 0.15) is 0 Å². The third-order valence-corrected chi connectivity index (χ3v) is 18.0. The Morgan fingerprint density at radius 2 is 0.505 bits per heavy atom. The number of aromatic nitrogens is 6. The molecule has 4 aromatic heterocycles. The average Bonchev–Trinajstić information content (AvgIpc) is 1.68. The molecule has 4 heterocycles. The summed E-state index contributed by atoms with van der Waals surface area (Å²) in [6.45, 7) is 0. The molecule has 0 spiro atoms. The molecule has 0 aliphatic heterocycles. The molecule has 0 saturated heterocycles. The van der Waals surface area contributed by atoms with Gasteiger partial charge in [-0.2, -0.15) is 0 Å². The van der Waals surface area contributed by atoms with Crippen LogP contribution in [0.15, 0.2) is 368 Å². The summed E-state index contributed by atoms with van der Waals surface area (Å²) in [5.41, 5.74) is 23.9. The Kier molecular flexibility index (Phi) is 16.4. The Bertz CT molecular complexity index is 5660. The van der Waals surface area contributed by atoms with Crippen LogP contribution in [0.25, 0.3) is 122 Å². The number of para-hydroxylation sites is 10. The van der Waals surface area contributed by atoms with Crippen LogP contribution in [-0.2, 0) is 0 Å². The van der Waals surface area contributed by atoms with Crippen LogP contribution in [0.1, 0.15) is 0 Å². The van der Waals surface area contributed by atoms with Gasteiger partial charge in [-0.1, -0.05) is 234 Å². The van der Waals surface area contributed by atoms with Gasteiger partial charge in [-0.25, -0.2) is 19.9 Å². The van der Waals surface area contributed by atoms with Crippen molar-refractivity contribution in [3.8, 4) is 56.4 Å². The molecule has 0 aliphatic rings. The van der Waals surface area contributed by atoms with Crippen LogP contribution < -0.4 is 10.2 Å². The number of halogens is 1. The maximum atomic E-state index is 5.11. The molecule has 9 heteroatoms. The summed E-state index contributed by atoms with van der Waals surface area (Å²) in [5, 5.41) is 8.53. The number of fused-ring (bicyclic) bond motifs is 8. The monoisotopic (exact) mass is 1310 g/mol. The summed E-state index contributed by atoms with van der Waals surface area (Å²) >= 11 is 3.49. The quantitative estimate of drug-likeness (QED) is 0.139. The molecule has 0 unspecified atom stereocenters. The maximum absolute atomic E-state index is 5.11. The van der Waals surface area contributed by atoms with Crippen molar-refractivity contribution in [1.29, 1.82) is 0 Å². The molecule has 460 valence electrons. The molecule has 0 amide bonds. The van der Waals surface area contributed by atoms with E-state index in [-0.39, 0.29) is 0 Å². The van der Waals surface area contributed by atoms with Gasteiger partial charge in [0, 0.05) is 88.1 Å². The van der Waals surface area contributed by atoms with Crippen LogP contribution in [0.2, 0.25) is 0 Å². The zero-order chi connectivity index (χ0) is 64.9. The van der Waals surface area contributed by atoms with Crippen LogP contribution >= 0.6 is 15.9 Å². The van der Waals surface area contributed by atoms with Gasteiger partial charge < -0.3 is 19.4 Å². The van der Waals surface area contributed by atoms with E-state index in [0.29, 0.717) is 0 Å². The molecular weight excluding hydrogens is 1250 g/mol. The Balaban J connectivity index is 0.000000126. The average molecular weight is 1310 g/mol. The minimum atomic E-state index is 0.869. The summed E-state index contributed by atoms with van der Waals surface area (Å²) in [7, 11) is 0. The van der Waals surface area contributed by atoms with Crippen LogP contribution in [-0.4, -0.2) is 29.1 Å². The first-order valence-corrected chi connectivity index (χ1v) is 33.2. The molecule has 18 rings (SSSR count). The largest absolute Gasteiger partial charge is 0.356 e. The van der Waals surface area contributed by atoms with Crippen LogP contribution in [0, 0.1) is 0 Å². The predicted octanol–water partition coefficient (Wildman–Crippen LogP) is 23.8. The maximum Gasteiger partial charge on any atom is 0.0973 e. The normalized spacial score (nSPS) is 11.1. The number of benzene rings is 14. The smallest absolute Gasteiger partial charge is 0.0973 e. The Labute approximate surface area is 570 Å². The fourth-order valence-electron chi connectivity index (χ4n) is 12.9. The van der Waals surface area contributed by atoms with Crippen molar-refractivity contribution in [3.63, 3.8) is 0 Å². The molecule has 0 bridgehead atoms. The fraction of sp³-hybridized carbons (Fsp3) is 0.